The second kappa shape index (κ2) is 12.9. The van der Waals surface area contributed by atoms with E-state index in [0.29, 0.717) is 0 Å². The van der Waals surface area contributed by atoms with Crippen molar-refractivity contribution in [3.05, 3.63) is 223 Å². The average molecular weight is 638 g/mol. The molecule has 236 valence electrons. The topological polar surface area (TPSA) is 3.24 Å². The van der Waals surface area contributed by atoms with Gasteiger partial charge in [-0.15, -0.1) is 0 Å². The molecule has 1 heteroatoms. The number of benzene rings is 8. The van der Waals surface area contributed by atoms with E-state index in [2.05, 4.69) is 211 Å². The molecule has 1 unspecified atom stereocenters. The molecule has 0 bridgehead atoms. The lowest BCUT2D eigenvalue weighted by molar-refractivity contribution is 1.01. The Bertz CT molecular complexity index is 2380. The molecule has 1 aliphatic carbocycles. The van der Waals surface area contributed by atoms with Gasteiger partial charge in [-0.05, 0) is 97.6 Å². The van der Waals surface area contributed by atoms with Crippen molar-refractivity contribution in [2.75, 3.05) is 4.90 Å². The summed E-state index contributed by atoms with van der Waals surface area (Å²) in [6.07, 6.45) is 0. The molecule has 0 N–H and O–H groups in total. The molecule has 0 spiro atoms. The van der Waals surface area contributed by atoms with Crippen molar-refractivity contribution in [1.29, 1.82) is 0 Å². The van der Waals surface area contributed by atoms with Crippen LogP contribution >= 0.6 is 0 Å². The first-order chi connectivity index (χ1) is 24.8. The zero-order chi connectivity index (χ0) is 33.3. The molecule has 0 aromatic heterocycles. The van der Waals surface area contributed by atoms with Gasteiger partial charge in [0.15, 0.2) is 0 Å². The third-order valence-corrected chi connectivity index (χ3v) is 9.98. The molecule has 0 saturated heterocycles. The summed E-state index contributed by atoms with van der Waals surface area (Å²) in [5.41, 5.74) is 17.4. The summed E-state index contributed by atoms with van der Waals surface area (Å²) in [4.78, 5) is 2.37. The fourth-order valence-electron chi connectivity index (χ4n) is 7.51. The van der Waals surface area contributed by atoms with Crippen molar-refractivity contribution in [1.82, 2.24) is 0 Å². The molecule has 0 amide bonds. The largest absolute Gasteiger partial charge is 0.310 e. The van der Waals surface area contributed by atoms with Crippen molar-refractivity contribution < 1.29 is 0 Å². The second-order valence-corrected chi connectivity index (χ2v) is 12.9. The van der Waals surface area contributed by atoms with Crippen molar-refractivity contribution >= 4 is 17.1 Å². The van der Waals surface area contributed by atoms with E-state index in [1.165, 1.54) is 61.2 Å². The predicted molar refractivity (Wildman–Crippen MR) is 210 cm³/mol. The summed E-state index contributed by atoms with van der Waals surface area (Å²) in [6, 6.07) is 74.8. The lowest BCUT2D eigenvalue weighted by atomic mass is 9.88. The van der Waals surface area contributed by atoms with E-state index < -0.39 is 0 Å². The van der Waals surface area contributed by atoms with E-state index in [-0.39, 0.29) is 5.92 Å². The molecule has 0 aliphatic heterocycles. The summed E-state index contributed by atoms with van der Waals surface area (Å²) in [5, 5.41) is 0. The van der Waals surface area contributed by atoms with Crippen molar-refractivity contribution in [3.8, 4) is 44.5 Å². The van der Waals surface area contributed by atoms with Crippen LogP contribution in [0.3, 0.4) is 0 Å². The van der Waals surface area contributed by atoms with Crippen LogP contribution in [0, 0.1) is 0 Å². The van der Waals surface area contributed by atoms with Crippen LogP contribution in [0.5, 0.6) is 0 Å². The highest BCUT2D eigenvalue weighted by atomic mass is 15.1. The van der Waals surface area contributed by atoms with E-state index in [1.54, 1.807) is 0 Å². The number of fused-ring (bicyclic) bond motifs is 3. The fourth-order valence-corrected chi connectivity index (χ4v) is 7.51. The zero-order valence-corrected chi connectivity index (χ0v) is 27.7. The summed E-state index contributed by atoms with van der Waals surface area (Å²) >= 11 is 0. The average Bonchev–Trinajstić information content (AvgIpc) is 3.53. The molecular weight excluding hydrogens is 603 g/mol. The Kier molecular flexibility index (Phi) is 7.64. The number of hydrogen-bond acceptors (Lipinski definition) is 1. The molecule has 1 aliphatic rings. The summed E-state index contributed by atoms with van der Waals surface area (Å²) < 4.78 is 0. The quantitative estimate of drug-likeness (QED) is 0.168. The molecule has 1 nitrogen and oxygen atoms in total. The monoisotopic (exact) mass is 637 g/mol. The Balaban J connectivity index is 1.09. The first kappa shape index (κ1) is 29.7. The molecule has 1 atom stereocenters. The van der Waals surface area contributed by atoms with Crippen LogP contribution in [-0.4, -0.2) is 0 Å². The molecule has 0 radical (unpaired) electrons. The van der Waals surface area contributed by atoms with Gasteiger partial charge < -0.3 is 4.90 Å². The van der Waals surface area contributed by atoms with Gasteiger partial charge in [0, 0.05) is 23.0 Å². The molecule has 8 aromatic rings. The summed E-state index contributed by atoms with van der Waals surface area (Å²) in [7, 11) is 0. The van der Waals surface area contributed by atoms with E-state index in [1.807, 2.05) is 0 Å². The highest BCUT2D eigenvalue weighted by Gasteiger charge is 2.30. The van der Waals surface area contributed by atoms with Gasteiger partial charge >= 0.3 is 0 Å². The standard InChI is InChI=1S/C49H35N/c1-4-12-35(13-5-1)37-20-22-38(23-21-37)39-24-26-41(27-25-39)49-47-19-11-10-18-45(47)46-33-32-44(34-48(46)49)50(42-16-8-3-9-17-42)43-30-28-40(29-31-43)36-14-6-2-7-15-36/h1-34,49H. The minimum Gasteiger partial charge on any atom is -0.310 e. The van der Waals surface area contributed by atoms with Crippen LogP contribution < -0.4 is 4.90 Å². The van der Waals surface area contributed by atoms with Crippen LogP contribution in [-0.2, 0) is 0 Å². The predicted octanol–water partition coefficient (Wildman–Crippen LogP) is 13.3. The smallest absolute Gasteiger partial charge is 0.0465 e. The second-order valence-electron chi connectivity index (χ2n) is 12.9. The fraction of sp³-hybridized carbons (Fsp3) is 0.0204. The van der Waals surface area contributed by atoms with Gasteiger partial charge in [0.2, 0.25) is 0 Å². The normalized spacial score (nSPS) is 13.0. The van der Waals surface area contributed by atoms with E-state index in [0.717, 1.165) is 17.1 Å². The molecule has 0 heterocycles. The summed E-state index contributed by atoms with van der Waals surface area (Å²) in [6.45, 7) is 0. The lowest BCUT2D eigenvalue weighted by Crippen LogP contribution is -2.10. The number of nitrogens with zero attached hydrogens (tertiary/aromatic N) is 1. The number of para-hydroxylation sites is 1. The number of anilines is 3. The van der Waals surface area contributed by atoms with Gasteiger partial charge in [0.1, 0.15) is 0 Å². The van der Waals surface area contributed by atoms with E-state index in [9.17, 15) is 0 Å². The van der Waals surface area contributed by atoms with Gasteiger partial charge in [-0.3, -0.25) is 0 Å². The molecule has 0 fully saturated rings. The molecule has 0 saturated carbocycles. The van der Waals surface area contributed by atoms with Crippen molar-refractivity contribution in [2.45, 2.75) is 5.92 Å². The van der Waals surface area contributed by atoms with Gasteiger partial charge in [-0.1, -0.05) is 170 Å². The van der Waals surface area contributed by atoms with Crippen molar-refractivity contribution in [2.24, 2.45) is 0 Å². The minimum absolute atomic E-state index is 0.147. The Morgan fingerprint density at radius 3 is 1.26 bits per heavy atom. The van der Waals surface area contributed by atoms with Crippen LogP contribution in [0.4, 0.5) is 17.1 Å². The highest BCUT2D eigenvalue weighted by Crippen LogP contribution is 2.50. The van der Waals surface area contributed by atoms with Gasteiger partial charge in [-0.2, -0.15) is 0 Å². The third-order valence-electron chi connectivity index (χ3n) is 9.98. The SMILES string of the molecule is c1ccc(-c2ccc(-c3ccc(C4c5ccccc5-c5ccc(N(c6ccccc6)c6ccc(-c7ccccc7)cc6)cc54)cc3)cc2)cc1. The number of rotatable bonds is 7. The van der Waals surface area contributed by atoms with Crippen LogP contribution in [0.25, 0.3) is 44.5 Å². The Morgan fingerprint density at radius 2 is 0.680 bits per heavy atom. The van der Waals surface area contributed by atoms with Crippen LogP contribution in [0.1, 0.15) is 22.6 Å². The molecular formula is C49H35N. The molecule has 9 rings (SSSR count). The summed E-state index contributed by atoms with van der Waals surface area (Å²) in [5.74, 6) is 0.147. The molecule has 8 aromatic carbocycles. The van der Waals surface area contributed by atoms with Crippen molar-refractivity contribution in [3.63, 3.8) is 0 Å². The Morgan fingerprint density at radius 1 is 0.280 bits per heavy atom. The maximum Gasteiger partial charge on any atom is 0.0465 e. The van der Waals surface area contributed by atoms with Crippen LogP contribution in [0.15, 0.2) is 206 Å². The highest BCUT2D eigenvalue weighted by molar-refractivity contribution is 5.86. The first-order valence-electron chi connectivity index (χ1n) is 17.3. The van der Waals surface area contributed by atoms with Gasteiger partial charge in [0.05, 0.1) is 0 Å². The molecule has 50 heavy (non-hydrogen) atoms. The van der Waals surface area contributed by atoms with Gasteiger partial charge in [-0.25, -0.2) is 0 Å². The minimum atomic E-state index is 0.147. The maximum absolute atomic E-state index is 2.41. The lowest BCUT2D eigenvalue weighted by Gasteiger charge is -2.27. The Labute approximate surface area is 294 Å². The Hall–Kier alpha value is -6.44. The third kappa shape index (κ3) is 5.49. The number of hydrogen-bond donors (Lipinski definition) is 0. The van der Waals surface area contributed by atoms with Gasteiger partial charge in [0.25, 0.3) is 0 Å². The maximum atomic E-state index is 2.41. The van der Waals surface area contributed by atoms with Crippen LogP contribution in [0.2, 0.25) is 0 Å². The first-order valence-corrected chi connectivity index (χ1v) is 17.3. The van der Waals surface area contributed by atoms with E-state index in [4.69, 9.17) is 0 Å². The zero-order valence-electron chi connectivity index (χ0n) is 27.7. The van der Waals surface area contributed by atoms with E-state index >= 15 is 0 Å².